The number of likely N-dealkylation sites (tertiary alicyclic amines) is 1. The molecule has 2 aliphatic heterocycles. The SMILES string of the molecule is CNC(=O)C1CCCCN1C(=O)CC1CCCCN1. The Labute approximate surface area is 115 Å². The first kappa shape index (κ1) is 14.3. The zero-order valence-corrected chi connectivity index (χ0v) is 11.8. The maximum absolute atomic E-state index is 12.4. The van der Waals surface area contributed by atoms with Crippen LogP contribution in [0.15, 0.2) is 0 Å². The smallest absolute Gasteiger partial charge is 0.242 e. The zero-order chi connectivity index (χ0) is 13.7. The Kier molecular flexibility index (Phi) is 5.19. The summed E-state index contributed by atoms with van der Waals surface area (Å²) in [5.74, 6) is 0.109. The second-order valence-corrected chi connectivity index (χ2v) is 5.56. The van der Waals surface area contributed by atoms with Crippen LogP contribution in [0.5, 0.6) is 0 Å². The average molecular weight is 267 g/mol. The Morgan fingerprint density at radius 2 is 2.00 bits per heavy atom. The summed E-state index contributed by atoms with van der Waals surface area (Å²) in [6.07, 6.45) is 6.85. The number of piperidine rings is 2. The molecule has 2 unspecified atom stereocenters. The molecule has 0 saturated carbocycles. The number of nitrogens with zero attached hydrogens (tertiary/aromatic N) is 1. The largest absolute Gasteiger partial charge is 0.357 e. The highest BCUT2D eigenvalue weighted by Crippen LogP contribution is 2.20. The van der Waals surface area contributed by atoms with Gasteiger partial charge in [-0.05, 0) is 38.6 Å². The number of rotatable bonds is 3. The van der Waals surface area contributed by atoms with Crippen LogP contribution in [0.2, 0.25) is 0 Å². The predicted molar refractivity (Wildman–Crippen MR) is 73.7 cm³/mol. The molecule has 5 heteroatoms. The van der Waals surface area contributed by atoms with E-state index in [1.807, 2.05) is 0 Å². The van der Waals surface area contributed by atoms with Crippen molar-refractivity contribution in [2.45, 2.75) is 57.0 Å². The minimum atomic E-state index is -0.255. The number of likely N-dealkylation sites (N-methyl/N-ethyl adjacent to an activating group) is 1. The molecule has 19 heavy (non-hydrogen) atoms. The predicted octanol–water partition coefficient (Wildman–Crippen LogP) is 0.646. The van der Waals surface area contributed by atoms with E-state index in [0.717, 1.165) is 38.8 Å². The first-order valence-corrected chi connectivity index (χ1v) is 7.47. The molecule has 0 bridgehead atoms. The third kappa shape index (κ3) is 3.69. The van der Waals surface area contributed by atoms with E-state index in [0.29, 0.717) is 12.5 Å². The van der Waals surface area contributed by atoms with Crippen molar-refractivity contribution in [2.24, 2.45) is 0 Å². The van der Waals surface area contributed by atoms with Crippen molar-refractivity contribution in [1.29, 1.82) is 0 Å². The zero-order valence-electron chi connectivity index (χ0n) is 11.8. The normalized spacial score (nSPS) is 27.9. The van der Waals surface area contributed by atoms with Gasteiger partial charge in [0.15, 0.2) is 0 Å². The molecule has 2 N–H and O–H groups in total. The van der Waals surface area contributed by atoms with Crippen LogP contribution in [0.4, 0.5) is 0 Å². The van der Waals surface area contributed by atoms with Crippen molar-refractivity contribution < 1.29 is 9.59 Å². The van der Waals surface area contributed by atoms with Gasteiger partial charge in [0.1, 0.15) is 6.04 Å². The molecule has 0 aliphatic carbocycles. The van der Waals surface area contributed by atoms with Gasteiger partial charge in [0, 0.05) is 26.1 Å². The van der Waals surface area contributed by atoms with Gasteiger partial charge in [-0.2, -0.15) is 0 Å². The molecular formula is C14H25N3O2. The summed E-state index contributed by atoms with van der Waals surface area (Å²) in [7, 11) is 1.64. The van der Waals surface area contributed by atoms with Crippen molar-refractivity contribution in [1.82, 2.24) is 15.5 Å². The quantitative estimate of drug-likeness (QED) is 0.789. The van der Waals surface area contributed by atoms with Gasteiger partial charge in [0.2, 0.25) is 11.8 Å². The molecule has 0 radical (unpaired) electrons. The van der Waals surface area contributed by atoms with E-state index in [1.165, 1.54) is 12.8 Å². The summed E-state index contributed by atoms with van der Waals surface area (Å²) in [4.78, 5) is 26.0. The Bertz CT molecular complexity index is 327. The van der Waals surface area contributed by atoms with Gasteiger partial charge in [0.05, 0.1) is 0 Å². The van der Waals surface area contributed by atoms with E-state index >= 15 is 0 Å². The Morgan fingerprint density at radius 3 is 2.68 bits per heavy atom. The van der Waals surface area contributed by atoms with E-state index in [-0.39, 0.29) is 17.9 Å². The summed E-state index contributed by atoms with van der Waals surface area (Å²) in [5, 5.41) is 6.07. The molecule has 0 aromatic carbocycles. The third-order valence-electron chi connectivity index (χ3n) is 4.21. The fourth-order valence-electron chi connectivity index (χ4n) is 3.10. The minimum Gasteiger partial charge on any atom is -0.357 e. The van der Waals surface area contributed by atoms with Crippen LogP contribution in [0.25, 0.3) is 0 Å². The van der Waals surface area contributed by atoms with Crippen molar-refractivity contribution in [3.05, 3.63) is 0 Å². The topological polar surface area (TPSA) is 61.4 Å². The highest BCUT2D eigenvalue weighted by atomic mass is 16.2. The number of amides is 2. The number of carbonyl (C=O) groups excluding carboxylic acids is 2. The lowest BCUT2D eigenvalue weighted by Crippen LogP contribution is -2.52. The van der Waals surface area contributed by atoms with Crippen molar-refractivity contribution in [2.75, 3.05) is 20.1 Å². The van der Waals surface area contributed by atoms with Gasteiger partial charge < -0.3 is 15.5 Å². The number of hydrogen-bond acceptors (Lipinski definition) is 3. The first-order valence-electron chi connectivity index (χ1n) is 7.47. The minimum absolute atomic E-state index is 0.0235. The standard InChI is InChI=1S/C14H25N3O2/c1-15-14(19)12-7-3-5-9-17(12)13(18)10-11-6-2-4-8-16-11/h11-12,16H,2-10H2,1H3,(H,15,19). The van der Waals surface area contributed by atoms with Crippen molar-refractivity contribution in [3.63, 3.8) is 0 Å². The van der Waals surface area contributed by atoms with Crippen molar-refractivity contribution >= 4 is 11.8 Å². The lowest BCUT2D eigenvalue weighted by Gasteiger charge is -2.36. The molecule has 2 amide bonds. The van der Waals surface area contributed by atoms with Gasteiger partial charge in [-0.25, -0.2) is 0 Å². The molecule has 0 aromatic rings. The fourth-order valence-corrected chi connectivity index (χ4v) is 3.10. The first-order chi connectivity index (χ1) is 9.22. The number of carbonyl (C=O) groups is 2. The van der Waals surface area contributed by atoms with E-state index < -0.39 is 0 Å². The molecule has 108 valence electrons. The summed E-state index contributed by atoms with van der Waals surface area (Å²) < 4.78 is 0. The molecule has 5 nitrogen and oxygen atoms in total. The maximum atomic E-state index is 12.4. The van der Waals surface area contributed by atoms with E-state index in [1.54, 1.807) is 11.9 Å². The second-order valence-electron chi connectivity index (χ2n) is 5.56. The van der Waals surface area contributed by atoms with E-state index in [4.69, 9.17) is 0 Å². The lowest BCUT2D eigenvalue weighted by atomic mass is 9.98. The summed E-state index contributed by atoms with van der Waals surface area (Å²) in [6, 6.07) is 0.0448. The van der Waals surface area contributed by atoms with E-state index in [9.17, 15) is 9.59 Å². The molecular weight excluding hydrogens is 242 g/mol. The van der Waals surface area contributed by atoms with Crippen LogP contribution in [0.1, 0.15) is 44.9 Å². The molecule has 0 spiro atoms. The van der Waals surface area contributed by atoms with Gasteiger partial charge in [0.25, 0.3) is 0 Å². The van der Waals surface area contributed by atoms with Gasteiger partial charge in [-0.15, -0.1) is 0 Å². The third-order valence-corrected chi connectivity index (χ3v) is 4.21. The highest BCUT2D eigenvalue weighted by molar-refractivity contribution is 5.87. The monoisotopic (exact) mass is 267 g/mol. The molecule has 2 aliphatic rings. The van der Waals surface area contributed by atoms with Crippen LogP contribution in [0, 0.1) is 0 Å². The van der Waals surface area contributed by atoms with Crippen molar-refractivity contribution in [3.8, 4) is 0 Å². The fraction of sp³-hybridized carbons (Fsp3) is 0.857. The summed E-state index contributed by atoms with van der Waals surface area (Å²) >= 11 is 0. The second kappa shape index (κ2) is 6.89. The van der Waals surface area contributed by atoms with Crippen LogP contribution < -0.4 is 10.6 Å². The molecule has 2 saturated heterocycles. The molecule has 2 atom stereocenters. The molecule has 2 rings (SSSR count). The molecule has 0 aromatic heterocycles. The summed E-state index contributed by atoms with van der Waals surface area (Å²) in [6.45, 7) is 1.74. The van der Waals surface area contributed by atoms with Gasteiger partial charge in [-0.1, -0.05) is 6.42 Å². The van der Waals surface area contributed by atoms with Gasteiger partial charge in [-0.3, -0.25) is 9.59 Å². The number of hydrogen-bond donors (Lipinski definition) is 2. The lowest BCUT2D eigenvalue weighted by molar-refractivity contribution is -0.142. The highest BCUT2D eigenvalue weighted by Gasteiger charge is 2.32. The Hall–Kier alpha value is -1.10. The number of nitrogens with one attached hydrogen (secondary N) is 2. The van der Waals surface area contributed by atoms with Crippen LogP contribution in [-0.4, -0.2) is 48.9 Å². The maximum Gasteiger partial charge on any atom is 0.242 e. The average Bonchev–Trinajstić information content (AvgIpc) is 2.47. The van der Waals surface area contributed by atoms with Gasteiger partial charge >= 0.3 is 0 Å². The van der Waals surface area contributed by atoms with E-state index in [2.05, 4.69) is 10.6 Å². The molecule has 2 fully saturated rings. The van der Waals surface area contributed by atoms with Crippen LogP contribution in [0.3, 0.4) is 0 Å². The Balaban J connectivity index is 1.92. The van der Waals surface area contributed by atoms with Crippen LogP contribution in [-0.2, 0) is 9.59 Å². The van der Waals surface area contributed by atoms with Crippen LogP contribution >= 0.6 is 0 Å². The Morgan fingerprint density at radius 1 is 1.21 bits per heavy atom. The summed E-state index contributed by atoms with van der Waals surface area (Å²) in [5.41, 5.74) is 0. The molecule has 2 heterocycles.